The van der Waals surface area contributed by atoms with E-state index in [2.05, 4.69) is 173 Å². The summed E-state index contributed by atoms with van der Waals surface area (Å²) in [5, 5.41) is 0. The topological polar surface area (TPSA) is 78.9 Å². The normalized spacial score (nSPS) is 13.5. The highest BCUT2D eigenvalue weighted by atomic mass is 16.6. The van der Waals surface area contributed by atoms with Gasteiger partial charge in [-0.3, -0.25) is 14.4 Å². The Kier molecular flexibility index (Phi) is 47.7. The molecule has 0 saturated carbocycles. The zero-order valence-corrected chi connectivity index (χ0v) is 40.9. The van der Waals surface area contributed by atoms with E-state index in [0.29, 0.717) is 19.3 Å². The smallest absolute Gasteiger partial charge is 0.306 e. The Balaban J connectivity index is 4.64. The van der Waals surface area contributed by atoms with Crippen LogP contribution in [0.5, 0.6) is 0 Å². The van der Waals surface area contributed by atoms with E-state index in [9.17, 15) is 14.4 Å². The highest BCUT2D eigenvalue weighted by Crippen LogP contribution is 2.11. The summed E-state index contributed by atoms with van der Waals surface area (Å²) in [6, 6.07) is 0. The van der Waals surface area contributed by atoms with Crippen molar-refractivity contribution in [3.63, 3.8) is 0 Å². The van der Waals surface area contributed by atoms with Crippen LogP contribution in [0.2, 0.25) is 0 Å². The first-order chi connectivity index (χ1) is 32.0. The highest BCUT2D eigenvalue weighted by molar-refractivity contribution is 5.71. The van der Waals surface area contributed by atoms with Crippen molar-refractivity contribution in [2.45, 2.75) is 181 Å². The molecule has 360 valence electrons. The summed E-state index contributed by atoms with van der Waals surface area (Å²) in [5.74, 6) is -1.09. The van der Waals surface area contributed by atoms with Gasteiger partial charge in [-0.2, -0.15) is 0 Å². The SMILES string of the molecule is CC/C=C/C=C/C=C/CCCCCCCC(=O)OCC(COC(=O)CCC/C=C/C/C=C/C/C=C/C/C=C/C/C=C/CC)OC(=O)CCC/C=C/C/C=C/C/C=C/C/C=C/C/C=C/CC. The first-order valence-electron chi connectivity index (χ1n) is 25.0. The van der Waals surface area contributed by atoms with Crippen molar-refractivity contribution in [3.05, 3.63) is 158 Å². The van der Waals surface area contributed by atoms with Crippen LogP contribution in [-0.2, 0) is 28.6 Å². The molecule has 0 bridgehead atoms. The summed E-state index contributed by atoms with van der Waals surface area (Å²) in [5.41, 5.74) is 0. The summed E-state index contributed by atoms with van der Waals surface area (Å²) < 4.78 is 16.7. The molecule has 0 rings (SSSR count). The minimum Gasteiger partial charge on any atom is -0.462 e. The molecule has 0 aliphatic rings. The average molecular weight is 893 g/mol. The number of hydrogen-bond donors (Lipinski definition) is 0. The second-order valence-corrected chi connectivity index (χ2v) is 15.6. The predicted octanol–water partition coefficient (Wildman–Crippen LogP) is 16.6. The number of esters is 3. The molecular formula is C59H88O6. The molecule has 65 heavy (non-hydrogen) atoms. The van der Waals surface area contributed by atoms with E-state index in [1.54, 1.807) is 0 Å². The Labute approximate surface area is 397 Å². The standard InChI is InChI=1S/C59H88O6/c1-4-7-10-13-16-19-22-25-27-29-31-34-37-40-43-46-49-52-58(61)64-55-56(54-63-57(60)51-48-45-42-39-36-33-24-21-18-15-12-9-6-3)65-59(62)53-50-47-44-41-38-35-32-30-28-26-23-20-17-14-11-8-5-2/h7-12,15-21,24-28,31-32,34-35,40-41,43-44,56H,4-6,13-14,22-23,29-30,33,36-39,42,45-55H2,1-3H3/b10-7+,11-8+,12-9+,18-15+,19-16+,20-17+,24-21+,27-25+,28-26+,34-31+,35-32+,43-40+,44-41+. The van der Waals surface area contributed by atoms with Crippen LogP contribution in [-0.4, -0.2) is 37.2 Å². The molecule has 0 saturated heterocycles. The van der Waals surface area contributed by atoms with E-state index in [0.717, 1.165) is 122 Å². The molecule has 1 atom stereocenters. The minimum atomic E-state index is -0.847. The lowest BCUT2D eigenvalue weighted by atomic mass is 10.1. The van der Waals surface area contributed by atoms with Crippen LogP contribution in [0, 0.1) is 0 Å². The number of allylic oxidation sites excluding steroid dienone is 26. The van der Waals surface area contributed by atoms with Gasteiger partial charge in [0.1, 0.15) is 13.2 Å². The summed E-state index contributed by atoms with van der Waals surface area (Å²) in [7, 11) is 0. The van der Waals surface area contributed by atoms with E-state index in [4.69, 9.17) is 14.2 Å². The molecule has 0 aromatic carbocycles. The Hall–Kier alpha value is -4.97. The maximum Gasteiger partial charge on any atom is 0.306 e. The molecule has 6 heteroatoms. The number of hydrogen-bond acceptors (Lipinski definition) is 6. The molecule has 1 unspecified atom stereocenters. The molecule has 0 aromatic heterocycles. The zero-order valence-electron chi connectivity index (χ0n) is 40.9. The summed E-state index contributed by atoms with van der Waals surface area (Å²) in [4.78, 5) is 37.9. The third-order valence-electron chi connectivity index (χ3n) is 9.57. The van der Waals surface area contributed by atoms with Gasteiger partial charge in [-0.15, -0.1) is 0 Å². The van der Waals surface area contributed by atoms with Crippen molar-refractivity contribution in [2.75, 3.05) is 13.2 Å². The highest BCUT2D eigenvalue weighted by Gasteiger charge is 2.19. The van der Waals surface area contributed by atoms with Crippen LogP contribution < -0.4 is 0 Å². The van der Waals surface area contributed by atoms with Gasteiger partial charge in [-0.25, -0.2) is 0 Å². The fourth-order valence-electron chi connectivity index (χ4n) is 5.92. The third kappa shape index (κ3) is 49.9. The fraction of sp³-hybridized carbons (Fsp3) is 0.508. The van der Waals surface area contributed by atoms with Crippen LogP contribution in [0.25, 0.3) is 0 Å². The van der Waals surface area contributed by atoms with Gasteiger partial charge >= 0.3 is 17.9 Å². The summed E-state index contributed by atoms with van der Waals surface area (Å²) in [6.45, 7) is 6.12. The first kappa shape index (κ1) is 60.0. The van der Waals surface area contributed by atoms with Crippen molar-refractivity contribution in [3.8, 4) is 0 Å². The molecule has 0 fully saturated rings. The number of rotatable bonds is 42. The number of ether oxygens (including phenoxy) is 3. The molecule has 0 N–H and O–H groups in total. The molecule has 0 heterocycles. The van der Waals surface area contributed by atoms with Gasteiger partial charge in [0.15, 0.2) is 6.10 Å². The zero-order chi connectivity index (χ0) is 47.2. The van der Waals surface area contributed by atoms with E-state index >= 15 is 0 Å². The van der Waals surface area contributed by atoms with E-state index in [-0.39, 0.29) is 38.0 Å². The molecule has 0 aliphatic heterocycles. The van der Waals surface area contributed by atoms with Crippen LogP contribution in [0.15, 0.2) is 158 Å². The molecule has 0 spiro atoms. The van der Waals surface area contributed by atoms with Crippen molar-refractivity contribution < 1.29 is 28.6 Å². The Bertz CT molecular complexity index is 1540. The number of unbranched alkanes of at least 4 members (excludes halogenated alkanes) is 7. The predicted molar refractivity (Wildman–Crippen MR) is 278 cm³/mol. The van der Waals surface area contributed by atoms with Gasteiger partial charge in [0.2, 0.25) is 0 Å². The second-order valence-electron chi connectivity index (χ2n) is 15.6. The van der Waals surface area contributed by atoms with Crippen LogP contribution in [0.3, 0.4) is 0 Å². The van der Waals surface area contributed by atoms with Gasteiger partial charge in [0, 0.05) is 19.3 Å². The molecule has 6 nitrogen and oxygen atoms in total. The van der Waals surface area contributed by atoms with Crippen LogP contribution in [0.4, 0.5) is 0 Å². The lowest BCUT2D eigenvalue weighted by Gasteiger charge is -2.18. The molecule has 0 amide bonds. The monoisotopic (exact) mass is 893 g/mol. The van der Waals surface area contributed by atoms with E-state index < -0.39 is 12.1 Å². The van der Waals surface area contributed by atoms with Crippen molar-refractivity contribution in [1.29, 1.82) is 0 Å². The van der Waals surface area contributed by atoms with E-state index in [1.807, 2.05) is 6.08 Å². The molecule has 0 radical (unpaired) electrons. The minimum absolute atomic E-state index is 0.137. The average Bonchev–Trinajstić information content (AvgIpc) is 3.30. The van der Waals surface area contributed by atoms with Crippen LogP contribution in [0.1, 0.15) is 175 Å². The van der Waals surface area contributed by atoms with Crippen molar-refractivity contribution in [1.82, 2.24) is 0 Å². The number of carbonyl (C=O) groups excluding carboxylic acids is 3. The Morgan fingerprint density at radius 3 is 1.08 bits per heavy atom. The van der Waals surface area contributed by atoms with Crippen LogP contribution >= 0.6 is 0 Å². The molecule has 0 aromatic rings. The van der Waals surface area contributed by atoms with Gasteiger partial charge in [0.25, 0.3) is 0 Å². The molecule has 0 aliphatic carbocycles. The summed E-state index contributed by atoms with van der Waals surface area (Å²) in [6.07, 6.45) is 75.2. The van der Waals surface area contributed by atoms with E-state index in [1.165, 1.54) is 0 Å². The van der Waals surface area contributed by atoms with Crippen molar-refractivity contribution in [2.24, 2.45) is 0 Å². The molecular weight excluding hydrogens is 805 g/mol. The largest absolute Gasteiger partial charge is 0.462 e. The fourth-order valence-corrected chi connectivity index (χ4v) is 5.92. The summed E-state index contributed by atoms with van der Waals surface area (Å²) >= 11 is 0. The maximum absolute atomic E-state index is 12.8. The van der Waals surface area contributed by atoms with Gasteiger partial charge in [0.05, 0.1) is 0 Å². The Morgan fingerprint density at radius 1 is 0.323 bits per heavy atom. The van der Waals surface area contributed by atoms with Gasteiger partial charge in [-0.05, 0) is 116 Å². The lowest BCUT2D eigenvalue weighted by Crippen LogP contribution is -2.30. The van der Waals surface area contributed by atoms with Crippen molar-refractivity contribution >= 4 is 17.9 Å². The lowest BCUT2D eigenvalue weighted by molar-refractivity contribution is -0.167. The first-order valence-corrected chi connectivity index (χ1v) is 25.0. The van der Waals surface area contributed by atoms with Gasteiger partial charge in [-0.1, -0.05) is 198 Å². The Morgan fingerprint density at radius 2 is 0.646 bits per heavy atom. The second kappa shape index (κ2) is 51.7. The van der Waals surface area contributed by atoms with Gasteiger partial charge < -0.3 is 14.2 Å². The maximum atomic E-state index is 12.8. The quantitative estimate of drug-likeness (QED) is 0.0200. The number of carbonyl (C=O) groups is 3. The third-order valence-corrected chi connectivity index (χ3v) is 9.57.